The Hall–Kier alpha value is -1.76. The van der Waals surface area contributed by atoms with Crippen LogP contribution < -0.4 is 10.2 Å². The van der Waals surface area contributed by atoms with Crippen LogP contribution in [0, 0.1) is 5.92 Å². The topological polar surface area (TPSA) is 74.2 Å². The molecule has 7 heteroatoms. The van der Waals surface area contributed by atoms with Crippen molar-refractivity contribution in [3.63, 3.8) is 0 Å². The minimum Gasteiger partial charge on any atom is -0.396 e. The van der Waals surface area contributed by atoms with Crippen molar-refractivity contribution in [3.8, 4) is 11.4 Å². The number of fused-ring (bicyclic) bond motifs is 1. The first-order valence-electron chi connectivity index (χ1n) is 8.72. The molecule has 134 valence electrons. The first kappa shape index (κ1) is 18.0. The van der Waals surface area contributed by atoms with E-state index in [1.807, 2.05) is 12.1 Å². The Morgan fingerprint density at radius 1 is 1.16 bits per heavy atom. The molecule has 6 nitrogen and oxygen atoms in total. The quantitative estimate of drug-likeness (QED) is 0.862. The number of aliphatic hydroxyl groups excluding tert-OH is 1. The summed E-state index contributed by atoms with van der Waals surface area (Å²) in [6.07, 6.45) is 6.48. The maximum Gasteiger partial charge on any atom is 0.161 e. The van der Waals surface area contributed by atoms with Crippen molar-refractivity contribution >= 4 is 18.2 Å². The average Bonchev–Trinajstić information content (AvgIpc) is 2.99. The second kappa shape index (κ2) is 8.08. The lowest BCUT2D eigenvalue weighted by Gasteiger charge is -2.22. The highest BCUT2D eigenvalue weighted by molar-refractivity contribution is 5.85. The Labute approximate surface area is 154 Å². The van der Waals surface area contributed by atoms with Crippen LogP contribution in [0.5, 0.6) is 0 Å². The molecule has 4 rings (SSSR count). The third-order valence-electron chi connectivity index (χ3n) is 4.94. The minimum atomic E-state index is 0. The van der Waals surface area contributed by atoms with Gasteiger partial charge in [0.2, 0.25) is 0 Å². The van der Waals surface area contributed by atoms with Crippen LogP contribution in [0.3, 0.4) is 0 Å². The van der Waals surface area contributed by atoms with E-state index >= 15 is 0 Å². The lowest BCUT2D eigenvalue weighted by Crippen LogP contribution is -2.24. The van der Waals surface area contributed by atoms with E-state index in [2.05, 4.69) is 15.2 Å². The van der Waals surface area contributed by atoms with Gasteiger partial charge in [0.1, 0.15) is 5.82 Å². The Morgan fingerprint density at radius 2 is 1.96 bits per heavy atom. The Kier molecular flexibility index (Phi) is 5.83. The average molecular weight is 362 g/mol. The van der Waals surface area contributed by atoms with E-state index in [1.54, 1.807) is 12.4 Å². The molecule has 0 radical (unpaired) electrons. The van der Waals surface area contributed by atoms with Crippen LogP contribution in [0.2, 0.25) is 0 Å². The molecule has 0 spiro atoms. The maximum atomic E-state index is 9.47. The number of aliphatic hydroxyl groups is 1. The van der Waals surface area contributed by atoms with Gasteiger partial charge in [-0.25, -0.2) is 9.97 Å². The van der Waals surface area contributed by atoms with Crippen LogP contribution in [0.15, 0.2) is 24.5 Å². The normalized spacial score (nSPS) is 19.9. The van der Waals surface area contributed by atoms with Gasteiger partial charge < -0.3 is 15.3 Å². The second-order valence-corrected chi connectivity index (χ2v) is 6.57. The zero-order chi connectivity index (χ0) is 16.4. The maximum absolute atomic E-state index is 9.47. The van der Waals surface area contributed by atoms with E-state index in [-0.39, 0.29) is 19.0 Å². The van der Waals surface area contributed by atoms with Crippen LogP contribution in [0.1, 0.15) is 17.7 Å². The minimum absolute atomic E-state index is 0. The number of rotatable bonds is 3. The van der Waals surface area contributed by atoms with Crippen molar-refractivity contribution in [3.05, 3.63) is 35.8 Å². The lowest BCUT2D eigenvalue weighted by atomic mass is 10.1. The third kappa shape index (κ3) is 3.76. The number of nitrogens with one attached hydrogen (secondary N) is 1. The summed E-state index contributed by atoms with van der Waals surface area (Å²) in [7, 11) is 0. The molecule has 0 bridgehead atoms. The van der Waals surface area contributed by atoms with Crippen molar-refractivity contribution in [2.75, 3.05) is 37.7 Å². The Balaban J connectivity index is 0.00000182. The van der Waals surface area contributed by atoms with Crippen LogP contribution in [-0.2, 0) is 12.8 Å². The largest absolute Gasteiger partial charge is 0.396 e. The number of hydrogen-bond acceptors (Lipinski definition) is 6. The molecule has 2 N–H and O–H groups in total. The first-order valence-corrected chi connectivity index (χ1v) is 8.72. The second-order valence-electron chi connectivity index (χ2n) is 6.57. The molecule has 0 saturated carbocycles. The van der Waals surface area contributed by atoms with Gasteiger partial charge in [-0.3, -0.25) is 4.98 Å². The standard InChI is InChI=1S/C18H23N5O.ClH/c24-12-13-5-10-23(11-13)18-15-3-8-20-9-4-16(15)21-17(22-18)14-1-6-19-7-2-14;/h1-2,6-7,13,20,24H,3-5,8-12H2;1H. The van der Waals surface area contributed by atoms with Crippen molar-refractivity contribution < 1.29 is 5.11 Å². The summed E-state index contributed by atoms with van der Waals surface area (Å²) in [6.45, 7) is 4.01. The van der Waals surface area contributed by atoms with Gasteiger partial charge in [-0.15, -0.1) is 12.4 Å². The van der Waals surface area contributed by atoms with Gasteiger partial charge in [-0.2, -0.15) is 0 Å². The van der Waals surface area contributed by atoms with Gasteiger partial charge in [0.15, 0.2) is 5.82 Å². The Bertz CT molecular complexity index is 712. The molecule has 0 aliphatic carbocycles. The van der Waals surface area contributed by atoms with Gasteiger partial charge in [-0.05, 0) is 31.5 Å². The molecule has 4 heterocycles. The van der Waals surface area contributed by atoms with Gasteiger partial charge in [-0.1, -0.05) is 0 Å². The monoisotopic (exact) mass is 361 g/mol. The van der Waals surface area contributed by atoms with E-state index < -0.39 is 0 Å². The number of pyridine rings is 1. The molecule has 2 aromatic heterocycles. The Morgan fingerprint density at radius 3 is 2.72 bits per heavy atom. The smallest absolute Gasteiger partial charge is 0.161 e. The number of aromatic nitrogens is 3. The van der Waals surface area contributed by atoms with E-state index in [1.165, 1.54) is 5.56 Å². The molecule has 1 atom stereocenters. The predicted molar refractivity (Wildman–Crippen MR) is 100 cm³/mol. The van der Waals surface area contributed by atoms with Crippen molar-refractivity contribution in [1.29, 1.82) is 0 Å². The number of halogens is 1. The molecule has 2 aliphatic heterocycles. The third-order valence-corrected chi connectivity index (χ3v) is 4.94. The summed E-state index contributed by atoms with van der Waals surface area (Å²) in [6, 6.07) is 3.92. The number of hydrogen-bond donors (Lipinski definition) is 2. The van der Waals surface area contributed by atoms with E-state index in [0.29, 0.717) is 5.92 Å². The van der Waals surface area contributed by atoms with Gasteiger partial charge in [0.25, 0.3) is 0 Å². The molecule has 25 heavy (non-hydrogen) atoms. The summed E-state index contributed by atoms with van der Waals surface area (Å²) in [5, 5.41) is 12.9. The SMILES string of the molecule is Cl.OCC1CCN(c2nc(-c3ccncc3)nc3c2CCNCC3)C1. The van der Waals surface area contributed by atoms with Gasteiger partial charge >= 0.3 is 0 Å². The van der Waals surface area contributed by atoms with Crippen LogP contribution >= 0.6 is 12.4 Å². The molecule has 2 aromatic rings. The van der Waals surface area contributed by atoms with E-state index in [0.717, 1.165) is 68.3 Å². The summed E-state index contributed by atoms with van der Waals surface area (Å²) < 4.78 is 0. The van der Waals surface area contributed by atoms with Crippen LogP contribution in [0.25, 0.3) is 11.4 Å². The number of nitrogens with zero attached hydrogens (tertiary/aromatic N) is 4. The molecular formula is C18H24ClN5O. The number of anilines is 1. The highest BCUT2D eigenvalue weighted by atomic mass is 35.5. The van der Waals surface area contributed by atoms with E-state index in [9.17, 15) is 5.11 Å². The lowest BCUT2D eigenvalue weighted by molar-refractivity contribution is 0.238. The fourth-order valence-electron chi connectivity index (χ4n) is 3.59. The van der Waals surface area contributed by atoms with Crippen LogP contribution in [-0.4, -0.2) is 52.8 Å². The fourth-order valence-corrected chi connectivity index (χ4v) is 3.59. The summed E-state index contributed by atoms with van der Waals surface area (Å²) in [5.41, 5.74) is 3.44. The molecule has 1 fully saturated rings. The van der Waals surface area contributed by atoms with Crippen LogP contribution in [0.4, 0.5) is 5.82 Å². The summed E-state index contributed by atoms with van der Waals surface area (Å²) in [5.74, 6) is 2.19. The predicted octanol–water partition coefficient (Wildman–Crippen LogP) is 1.47. The molecule has 2 aliphatic rings. The van der Waals surface area contributed by atoms with Crippen molar-refractivity contribution in [2.45, 2.75) is 19.3 Å². The molecule has 0 aromatic carbocycles. The summed E-state index contributed by atoms with van der Waals surface area (Å²) in [4.78, 5) is 16.2. The van der Waals surface area contributed by atoms with Crippen molar-refractivity contribution in [2.24, 2.45) is 5.92 Å². The van der Waals surface area contributed by atoms with Crippen molar-refractivity contribution in [1.82, 2.24) is 20.3 Å². The van der Waals surface area contributed by atoms with E-state index in [4.69, 9.17) is 9.97 Å². The zero-order valence-corrected chi connectivity index (χ0v) is 15.0. The molecule has 1 saturated heterocycles. The summed E-state index contributed by atoms with van der Waals surface area (Å²) >= 11 is 0. The molecular weight excluding hydrogens is 338 g/mol. The zero-order valence-electron chi connectivity index (χ0n) is 14.2. The highest BCUT2D eigenvalue weighted by Gasteiger charge is 2.27. The highest BCUT2D eigenvalue weighted by Crippen LogP contribution is 2.30. The molecule has 1 unspecified atom stereocenters. The van der Waals surface area contributed by atoms with Gasteiger partial charge in [0.05, 0.1) is 5.69 Å². The first-order chi connectivity index (χ1) is 11.8. The van der Waals surface area contributed by atoms with Gasteiger partial charge in [0, 0.05) is 62.1 Å². The fraction of sp³-hybridized carbons (Fsp3) is 0.500. The molecule has 0 amide bonds.